The van der Waals surface area contributed by atoms with E-state index in [1.54, 1.807) is 0 Å². The Bertz CT molecular complexity index is 1300. The molecule has 3 rings (SSSR count). The summed E-state index contributed by atoms with van der Waals surface area (Å²) in [6.07, 6.45) is 1.91. The summed E-state index contributed by atoms with van der Waals surface area (Å²) in [5.74, 6) is 0.182. The molecule has 3 aromatic carbocycles. The van der Waals surface area contributed by atoms with Gasteiger partial charge in [-0.25, -0.2) is 13.8 Å². The van der Waals surface area contributed by atoms with Crippen LogP contribution in [0.25, 0.3) is 0 Å². The van der Waals surface area contributed by atoms with Gasteiger partial charge in [-0.3, -0.25) is 4.79 Å². The van der Waals surface area contributed by atoms with E-state index < -0.39 is 15.9 Å². The topological polar surface area (TPSA) is 97.3 Å². The summed E-state index contributed by atoms with van der Waals surface area (Å²) >= 11 is 0. The molecule has 0 aromatic heterocycles. The minimum Gasteiger partial charge on any atom is -0.493 e. The second kappa shape index (κ2) is 13.6. The van der Waals surface area contributed by atoms with Crippen LogP contribution in [-0.2, 0) is 27.7 Å². The summed E-state index contributed by atoms with van der Waals surface area (Å²) in [7, 11) is -1.11. The van der Waals surface area contributed by atoms with E-state index in [-0.39, 0.29) is 23.7 Å². The van der Waals surface area contributed by atoms with Crippen LogP contribution >= 0.6 is 0 Å². The number of nitrogens with zero attached hydrogens (tertiary/aromatic N) is 2. The fourth-order valence-electron chi connectivity index (χ4n) is 3.69. The van der Waals surface area contributed by atoms with Crippen molar-refractivity contribution in [2.75, 3.05) is 27.3 Å². The molecule has 37 heavy (non-hydrogen) atoms. The van der Waals surface area contributed by atoms with Crippen LogP contribution in [0.4, 0.5) is 0 Å². The lowest BCUT2D eigenvalue weighted by Crippen LogP contribution is -2.40. The van der Waals surface area contributed by atoms with E-state index in [1.165, 1.54) is 38.0 Å². The minimum absolute atomic E-state index is 0.00792. The molecule has 0 radical (unpaired) electrons. The van der Waals surface area contributed by atoms with Crippen molar-refractivity contribution in [1.29, 1.82) is 0 Å². The van der Waals surface area contributed by atoms with Crippen molar-refractivity contribution in [2.45, 2.75) is 31.1 Å². The number of methoxy groups -OCH3 is 2. The van der Waals surface area contributed by atoms with Crippen LogP contribution < -0.4 is 14.9 Å². The Hall–Kier alpha value is -3.69. The average molecular weight is 524 g/mol. The molecule has 9 heteroatoms. The first-order valence-electron chi connectivity index (χ1n) is 12.0. The van der Waals surface area contributed by atoms with Gasteiger partial charge in [0, 0.05) is 18.3 Å². The maximum absolute atomic E-state index is 13.6. The zero-order chi connectivity index (χ0) is 26.7. The highest BCUT2D eigenvalue weighted by atomic mass is 32.2. The molecule has 0 aliphatic carbocycles. The van der Waals surface area contributed by atoms with Gasteiger partial charge < -0.3 is 9.47 Å². The van der Waals surface area contributed by atoms with Crippen LogP contribution in [-0.4, -0.2) is 51.7 Å². The van der Waals surface area contributed by atoms with E-state index in [0.29, 0.717) is 18.6 Å². The van der Waals surface area contributed by atoms with Crippen molar-refractivity contribution < 1.29 is 22.7 Å². The van der Waals surface area contributed by atoms with Gasteiger partial charge in [-0.2, -0.15) is 9.41 Å². The van der Waals surface area contributed by atoms with Gasteiger partial charge in [-0.1, -0.05) is 60.7 Å². The van der Waals surface area contributed by atoms with E-state index in [9.17, 15) is 13.2 Å². The maximum atomic E-state index is 13.6. The summed E-state index contributed by atoms with van der Waals surface area (Å²) < 4.78 is 38.8. The largest absolute Gasteiger partial charge is 0.493 e. The van der Waals surface area contributed by atoms with Crippen LogP contribution in [0, 0.1) is 0 Å². The first kappa shape index (κ1) is 27.9. The van der Waals surface area contributed by atoms with Gasteiger partial charge in [0.05, 0.1) is 25.7 Å². The molecule has 0 bridgehead atoms. The minimum atomic E-state index is -4.02. The van der Waals surface area contributed by atoms with Gasteiger partial charge in [-0.15, -0.1) is 0 Å². The number of sulfonamides is 1. The lowest BCUT2D eigenvalue weighted by molar-refractivity contribution is -0.121. The maximum Gasteiger partial charge on any atom is 0.255 e. The number of carbonyl (C=O) groups is 1. The van der Waals surface area contributed by atoms with Crippen LogP contribution in [0.5, 0.6) is 11.5 Å². The second-order valence-corrected chi connectivity index (χ2v) is 10.4. The van der Waals surface area contributed by atoms with Crippen molar-refractivity contribution in [3.05, 3.63) is 90.0 Å². The van der Waals surface area contributed by atoms with Crippen molar-refractivity contribution in [3.63, 3.8) is 0 Å². The van der Waals surface area contributed by atoms with Crippen LogP contribution in [0.2, 0.25) is 0 Å². The van der Waals surface area contributed by atoms with Gasteiger partial charge >= 0.3 is 0 Å². The Kier molecular flexibility index (Phi) is 10.2. The molecule has 8 nitrogen and oxygen atoms in total. The molecular formula is C28H33N3O5S. The Morgan fingerprint density at radius 3 is 2.05 bits per heavy atom. The molecule has 0 aliphatic rings. The monoisotopic (exact) mass is 523 g/mol. The molecule has 1 amide bonds. The molecule has 0 fully saturated rings. The average Bonchev–Trinajstić information content (AvgIpc) is 2.93. The zero-order valence-corrected chi connectivity index (χ0v) is 22.2. The Labute approximate surface area is 219 Å². The molecule has 1 N–H and O–H groups in total. The summed E-state index contributed by atoms with van der Waals surface area (Å²) in [4.78, 5) is 12.8. The summed E-state index contributed by atoms with van der Waals surface area (Å²) in [5, 5.41) is 4.17. The lowest BCUT2D eigenvalue weighted by atomic mass is 10.1. The number of hydrogen-bond acceptors (Lipinski definition) is 6. The van der Waals surface area contributed by atoms with Crippen LogP contribution in [0.15, 0.2) is 88.9 Å². The fraction of sp³-hybridized carbons (Fsp3) is 0.286. The number of benzene rings is 3. The number of nitrogens with one attached hydrogen (secondary N) is 1. The number of amides is 1. The first-order chi connectivity index (χ1) is 17.8. The summed E-state index contributed by atoms with van der Waals surface area (Å²) in [6, 6.07) is 23.9. The predicted octanol–water partition coefficient (Wildman–Crippen LogP) is 4.06. The highest BCUT2D eigenvalue weighted by Gasteiger charge is 2.27. The van der Waals surface area contributed by atoms with Crippen molar-refractivity contribution >= 4 is 21.6 Å². The highest BCUT2D eigenvalue weighted by molar-refractivity contribution is 7.89. The Morgan fingerprint density at radius 1 is 0.865 bits per heavy atom. The molecule has 0 atom stereocenters. The summed E-state index contributed by atoms with van der Waals surface area (Å²) in [5.41, 5.74) is 5.40. The van der Waals surface area contributed by atoms with Gasteiger partial charge in [0.25, 0.3) is 5.91 Å². The highest BCUT2D eigenvalue weighted by Crippen LogP contribution is 2.30. The normalized spacial score (nSPS) is 11.8. The van der Waals surface area contributed by atoms with Gasteiger partial charge in [-0.05, 0) is 49.4 Å². The van der Waals surface area contributed by atoms with Crippen molar-refractivity contribution in [2.24, 2.45) is 5.10 Å². The third-order valence-electron chi connectivity index (χ3n) is 5.80. The van der Waals surface area contributed by atoms with Crippen LogP contribution in [0.1, 0.15) is 24.5 Å². The number of ether oxygens (including phenoxy) is 2. The zero-order valence-electron chi connectivity index (χ0n) is 21.4. The quantitative estimate of drug-likeness (QED) is 0.269. The predicted molar refractivity (Wildman–Crippen MR) is 144 cm³/mol. The van der Waals surface area contributed by atoms with Gasteiger partial charge in [0.1, 0.15) is 0 Å². The number of hydrogen-bond donors (Lipinski definition) is 1. The smallest absolute Gasteiger partial charge is 0.255 e. The third kappa shape index (κ3) is 8.16. The molecule has 0 saturated carbocycles. The SMILES string of the molecule is COc1ccc(S(=O)(=O)N(CCc2ccccc2)CC(=O)N/N=C(/C)CCc2ccccc2)cc1OC. The number of hydrazone groups is 1. The van der Waals surface area contributed by atoms with E-state index in [2.05, 4.69) is 10.5 Å². The Balaban J connectivity index is 1.74. The first-order valence-corrected chi connectivity index (χ1v) is 13.4. The number of rotatable bonds is 13. The molecule has 0 heterocycles. The van der Waals surface area contributed by atoms with E-state index in [4.69, 9.17) is 9.47 Å². The lowest BCUT2D eigenvalue weighted by Gasteiger charge is -2.22. The molecule has 0 saturated heterocycles. The van der Waals surface area contributed by atoms with Gasteiger partial charge in [0.2, 0.25) is 10.0 Å². The van der Waals surface area contributed by atoms with E-state index in [1.807, 2.05) is 67.6 Å². The van der Waals surface area contributed by atoms with E-state index >= 15 is 0 Å². The molecule has 0 aliphatic heterocycles. The second-order valence-electron chi connectivity index (χ2n) is 8.46. The number of aryl methyl sites for hydroxylation is 1. The molecule has 196 valence electrons. The molecule has 3 aromatic rings. The van der Waals surface area contributed by atoms with E-state index in [0.717, 1.165) is 22.0 Å². The third-order valence-corrected chi connectivity index (χ3v) is 7.64. The Morgan fingerprint density at radius 2 is 1.46 bits per heavy atom. The van der Waals surface area contributed by atoms with Crippen molar-refractivity contribution in [1.82, 2.24) is 9.73 Å². The van der Waals surface area contributed by atoms with Crippen LogP contribution in [0.3, 0.4) is 0 Å². The van der Waals surface area contributed by atoms with Crippen molar-refractivity contribution in [3.8, 4) is 11.5 Å². The standard InChI is InChI=1S/C28H33N3O5S/c1-22(14-15-23-10-6-4-7-11-23)29-30-28(32)21-31(19-18-24-12-8-5-9-13-24)37(33,34)25-16-17-26(35-2)27(20-25)36-3/h4-13,16-17,20H,14-15,18-19,21H2,1-3H3,(H,30,32)/b29-22-. The molecule has 0 unspecified atom stereocenters. The fourth-order valence-corrected chi connectivity index (χ4v) is 5.10. The molecular weight excluding hydrogens is 490 g/mol. The molecule has 0 spiro atoms. The number of carbonyl (C=O) groups excluding carboxylic acids is 1. The summed E-state index contributed by atoms with van der Waals surface area (Å²) in [6.45, 7) is 1.57. The van der Waals surface area contributed by atoms with Gasteiger partial charge in [0.15, 0.2) is 11.5 Å².